The molecule has 0 bridgehead atoms. The van der Waals surface area contributed by atoms with Crippen molar-refractivity contribution in [2.75, 3.05) is 17.6 Å². The van der Waals surface area contributed by atoms with Crippen molar-refractivity contribution in [3.8, 4) is 0 Å². The first-order valence-electron chi connectivity index (χ1n) is 4.26. The lowest BCUT2D eigenvalue weighted by Crippen LogP contribution is -2.11. The molecule has 2 nitrogen and oxygen atoms in total. The van der Waals surface area contributed by atoms with E-state index in [1.807, 2.05) is 0 Å². The van der Waals surface area contributed by atoms with Gasteiger partial charge in [0.15, 0.2) is 0 Å². The third kappa shape index (κ3) is 2.90. The topological polar surface area (TPSA) is 38.0 Å². The average molecular weight is 216 g/mol. The Hall–Kier alpha value is -1.65. The maximum absolute atomic E-state index is 12.5. The molecule has 0 unspecified atom stereocenters. The van der Waals surface area contributed by atoms with E-state index in [9.17, 15) is 13.2 Å². The Labute approximate surface area is 85.6 Å². The van der Waals surface area contributed by atoms with E-state index in [2.05, 4.69) is 11.9 Å². The normalized spacial score (nSPS) is 11.1. The third-order valence-electron chi connectivity index (χ3n) is 1.79. The molecule has 5 heteroatoms. The van der Waals surface area contributed by atoms with Gasteiger partial charge in [0.25, 0.3) is 0 Å². The van der Waals surface area contributed by atoms with Crippen LogP contribution >= 0.6 is 0 Å². The molecule has 1 aromatic carbocycles. The molecule has 1 rings (SSSR count). The number of nitrogens with two attached hydrogens (primary N) is 1. The number of rotatable bonds is 3. The predicted octanol–water partition coefficient (Wildman–Crippen LogP) is 2.89. The van der Waals surface area contributed by atoms with Crippen molar-refractivity contribution >= 4 is 11.4 Å². The van der Waals surface area contributed by atoms with E-state index < -0.39 is 11.7 Å². The van der Waals surface area contributed by atoms with Gasteiger partial charge in [-0.2, -0.15) is 13.2 Å². The fraction of sp³-hybridized carbons (Fsp3) is 0.200. The van der Waals surface area contributed by atoms with Crippen LogP contribution in [0.25, 0.3) is 0 Å². The Bertz CT molecular complexity index is 358. The summed E-state index contributed by atoms with van der Waals surface area (Å²) < 4.78 is 37.6. The highest BCUT2D eigenvalue weighted by Gasteiger charge is 2.33. The molecule has 0 heterocycles. The summed E-state index contributed by atoms with van der Waals surface area (Å²) in [5, 5.41) is 2.60. The highest BCUT2D eigenvalue weighted by atomic mass is 19.4. The lowest BCUT2D eigenvalue weighted by atomic mass is 10.1. The lowest BCUT2D eigenvalue weighted by molar-refractivity contribution is -0.136. The van der Waals surface area contributed by atoms with Gasteiger partial charge in [-0.3, -0.25) is 0 Å². The van der Waals surface area contributed by atoms with Gasteiger partial charge in [0.1, 0.15) is 0 Å². The molecule has 0 spiro atoms. The Kier molecular flexibility index (Phi) is 3.24. The van der Waals surface area contributed by atoms with Gasteiger partial charge < -0.3 is 11.1 Å². The first-order valence-corrected chi connectivity index (χ1v) is 4.26. The predicted molar refractivity (Wildman–Crippen MR) is 54.5 cm³/mol. The highest BCUT2D eigenvalue weighted by molar-refractivity contribution is 5.59. The number of hydrogen-bond donors (Lipinski definition) is 2. The molecule has 0 fully saturated rings. The summed E-state index contributed by atoms with van der Waals surface area (Å²) in [7, 11) is 0. The molecule has 1 aromatic rings. The second-order valence-electron chi connectivity index (χ2n) is 2.97. The minimum Gasteiger partial charge on any atom is -0.399 e. The van der Waals surface area contributed by atoms with Crippen LogP contribution in [0.1, 0.15) is 5.56 Å². The summed E-state index contributed by atoms with van der Waals surface area (Å²) in [6.45, 7) is 3.69. The fourth-order valence-corrected chi connectivity index (χ4v) is 1.13. The molecule has 82 valence electrons. The SMILES string of the molecule is C=CCNc1ccc(N)cc1C(F)(F)F. The second-order valence-corrected chi connectivity index (χ2v) is 2.97. The van der Waals surface area contributed by atoms with Gasteiger partial charge in [-0.1, -0.05) is 6.08 Å². The Morgan fingerprint density at radius 3 is 2.60 bits per heavy atom. The molecule has 0 aliphatic rings. The Morgan fingerprint density at radius 2 is 2.07 bits per heavy atom. The van der Waals surface area contributed by atoms with E-state index in [1.165, 1.54) is 18.2 Å². The summed E-state index contributed by atoms with van der Waals surface area (Å²) in [5.74, 6) is 0. The van der Waals surface area contributed by atoms with Crippen molar-refractivity contribution in [3.63, 3.8) is 0 Å². The molecule has 15 heavy (non-hydrogen) atoms. The van der Waals surface area contributed by atoms with Gasteiger partial charge in [0, 0.05) is 17.9 Å². The van der Waals surface area contributed by atoms with E-state index in [0.717, 1.165) is 6.07 Å². The van der Waals surface area contributed by atoms with Crippen molar-refractivity contribution in [1.29, 1.82) is 0 Å². The number of anilines is 2. The van der Waals surface area contributed by atoms with Crippen molar-refractivity contribution in [2.24, 2.45) is 0 Å². The van der Waals surface area contributed by atoms with Crippen LogP contribution in [0.15, 0.2) is 30.9 Å². The zero-order chi connectivity index (χ0) is 11.5. The van der Waals surface area contributed by atoms with Crippen LogP contribution < -0.4 is 11.1 Å². The maximum atomic E-state index is 12.5. The largest absolute Gasteiger partial charge is 0.418 e. The summed E-state index contributed by atoms with van der Waals surface area (Å²) in [6.07, 6.45) is -2.92. The molecule has 0 aliphatic heterocycles. The number of benzene rings is 1. The van der Waals surface area contributed by atoms with Gasteiger partial charge in [-0.15, -0.1) is 6.58 Å². The van der Waals surface area contributed by atoms with Gasteiger partial charge in [0.05, 0.1) is 5.56 Å². The molecule has 0 aromatic heterocycles. The molecule has 3 N–H and O–H groups in total. The molecule has 0 saturated carbocycles. The van der Waals surface area contributed by atoms with Crippen LogP contribution in [0, 0.1) is 0 Å². The molecule has 0 amide bonds. The van der Waals surface area contributed by atoms with Crippen molar-refractivity contribution in [3.05, 3.63) is 36.4 Å². The molecular formula is C10H11F3N2. The minimum atomic E-state index is -4.40. The highest BCUT2D eigenvalue weighted by Crippen LogP contribution is 2.35. The molecule has 0 saturated heterocycles. The summed E-state index contributed by atoms with van der Waals surface area (Å²) in [6, 6.07) is 3.63. The smallest absolute Gasteiger partial charge is 0.399 e. The second kappa shape index (κ2) is 4.25. The summed E-state index contributed by atoms with van der Waals surface area (Å²) in [5.41, 5.74) is 4.65. The van der Waals surface area contributed by atoms with E-state index in [-0.39, 0.29) is 17.9 Å². The van der Waals surface area contributed by atoms with Crippen LogP contribution in [-0.2, 0) is 6.18 Å². The van der Waals surface area contributed by atoms with Crippen LogP contribution in [0.5, 0.6) is 0 Å². The van der Waals surface area contributed by atoms with Crippen molar-refractivity contribution in [2.45, 2.75) is 6.18 Å². The Morgan fingerprint density at radius 1 is 1.40 bits per heavy atom. The zero-order valence-electron chi connectivity index (χ0n) is 7.93. The first-order chi connectivity index (χ1) is 6.95. The van der Waals surface area contributed by atoms with Gasteiger partial charge >= 0.3 is 6.18 Å². The monoisotopic (exact) mass is 216 g/mol. The molecule has 0 aliphatic carbocycles. The van der Waals surface area contributed by atoms with E-state index in [0.29, 0.717) is 0 Å². The van der Waals surface area contributed by atoms with Crippen molar-refractivity contribution < 1.29 is 13.2 Å². The number of nitrogens with one attached hydrogen (secondary N) is 1. The average Bonchev–Trinajstić information content (AvgIpc) is 2.14. The summed E-state index contributed by atoms with van der Waals surface area (Å²) >= 11 is 0. The lowest BCUT2D eigenvalue weighted by Gasteiger charge is -2.14. The number of nitrogen functional groups attached to an aromatic ring is 1. The minimum absolute atomic E-state index is 0.0107. The third-order valence-corrected chi connectivity index (χ3v) is 1.79. The van der Waals surface area contributed by atoms with E-state index in [1.54, 1.807) is 0 Å². The quantitative estimate of drug-likeness (QED) is 0.602. The van der Waals surface area contributed by atoms with Crippen molar-refractivity contribution in [1.82, 2.24) is 0 Å². The first kappa shape index (κ1) is 11.4. The standard InChI is InChI=1S/C10H11F3N2/c1-2-5-15-9-4-3-7(14)6-8(9)10(11,12)13/h2-4,6,15H,1,5,14H2. The van der Waals surface area contributed by atoms with Gasteiger partial charge in [0.2, 0.25) is 0 Å². The van der Waals surface area contributed by atoms with Crippen LogP contribution in [0.3, 0.4) is 0 Å². The van der Waals surface area contributed by atoms with Gasteiger partial charge in [-0.05, 0) is 18.2 Å². The maximum Gasteiger partial charge on any atom is 0.418 e. The van der Waals surface area contributed by atoms with E-state index >= 15 is 0 Å². The van der Waals surface area contributed by atoms with Crippen LogP contribution in [-0.4, -0.2) is 6.54 Å². The van der Waals surface area contributed by atoms with Crippen LogP contribution in [0.4, 0.5) is 24.5 Å². The molecule has 0 atom stereocenters. The zero-order valence-corrected chi connectivity index (χ0v) is 7.93. The van der Waals surface area contributed by atoms with Crippen LogP contribution in [0.2, 0.25) is 0 Å². The fourth-order valence-electron chi connectivity index (χ4n) is 1.13. The number of halogens is 3. The summed E-state index contributed by atoms with van der Waals surface area (Å²) in [4.78, 5) is 0. The number of alkyl halides is 3. The molecule has 0 radical (unpaired) electrons. The van der Waals surface area contributed by atoms with Gasteiger partial charge in [-0.25, -0.2) is 0 Å². The molecular weight excluding hydrogens is 205 g/mol. The number of hydrogen-bond acceptors (Lipinski definition) is 2. The van der Waals surface area contributed by atoms with E-state index in [4.69, 9.17) is 5.73 Å². The Balaban J connectivity index is 3.09.